The summed E-state index contributed by atoms with van der Waals surface area (Å²) in [4.78, 5) is 1.06. The largest absolute Gasteiger partial charge is 0.388 e. The topological polar surface area (TPSA) is 20.2 Å². The summed E-state index contributed by atoms with van der Waals surface area (Å²) in [7, 11) is 0. The fourth-order valence-electron chi connectivity index (χ4n) is 1.78. The zero-order valence-electron chi connectivity index (χ0n) is 10.4. The molecule has 1 atom stereocenters. The van der Waals surface area contributed by atoms with E-state index in [-0.39, 0.29) is 5.82 Å². The van der Waals surface area contributed by atoms with E-state index in [9.17, 15) is 9.50 Å². The predicted molar refractivity (Wildman–Crippen MR) is 81.0 cm³/mol. The van der Waals surface area contributed by atoms with Gasteiger partial charge in [0.1, 0.15) is 5.82 Å². The van der Waals surface area contributed by atoms with Gasteiger partial charge >= 0.3 is 0 Å². The first-order valence-corrected chi connectivity index (χ1v) is 7.66. The minimum atomic E-state index is -0.675. The van der Waals surface area contributed by atoms with Crippen LogP contribution in [0, 0.1) is 12.7 Å². The van der Waals surface area contributed by atoms with Gasteiger partial charge in [0.25, 0.3) is 0 Å². The molecule has 1 N–H and O–H groups in total. The molecular formula is C15H14BrFOS. The summed E-state index contributed by atoms with van der Waals surface area (Å²) in [5, 5.41) is 10.1. The zero-order chi connectivity index (χ0) is 13.8. The second kappa shape index (κ2) is 6.55. The fraction of sp³-hybridized carbons (Fsp3) is 0.200. The van der Waals surface area contributed by atoms with Gasteiger partial charge in [0, 0.05) is 15.1 Å². The molecule has 100 valence electrons. The summed E-state index contributed by atoms with van der Waals surface area (Å²) in [6, 6.07) is 12.5. The molecule has 2 aromatic rings. The minimum Gasteiger partial charge on any atom is -0.388 e. The van der Waals surface area contributed by atoms with E-state index in [0.717, 1.165) is 14.9 Å². The average Bonchev–Trinajstić information content (AvgIpc) is 2.36. The van der Waals surface area contributed by atoms with Crippen molar-refractivity contribution in [1.82, 2.24) is 0 Å². The molecule has 0 spiro atoms. The van der Waals surface area contributed by atoms with Gasteiger partial charge < -0.3 is 5.11 Å². The van der Waals surface area contributed by atoms with E-state index >= 15 is 0 Å². The predicted octanol–water partition coefficient (Wildman–Crippen LogP) is 4.72. The fourth-order valence-corrected chi connectivity index (χ4v) is 3.32. The van der Waals surface area contributed by atoms with Crippen LogP contribution in [0.5, 0.6) is 0 Å². The molecule has 0 radical (unpaired) electrons. The number of thioether (sulfide) groups is 1. The van der Waals surface area contributed by atoms with Crippen LogP contribution in [0.4, 0.5) is 4.39 Å². The van der Waals surface area contributed by atoms with Crippen LogP contribution in [0.25, 0.3) is 0 Å². The van der Waals surface area contributed by atoms with Gasteiger partial charge in [-0.3, -0.25) is 0 Å². The number of halogens is 2. The van der Waals surface area contributed by atoms with Crippen molar-refractivity contribution in [1.29, 1.82) is 0 Å². The molecule has 2 aromatic carbocycles. The van der Waals surface area contributed by atoms with Crippen molar-refractivity contribution in [2.75, 3.05) is 5.75 Å². The van der Waals surface area contributed by atoms with Gasteiger partial charge in [0.05, 0.1) is 6.10 Å². The van der Waals surface area contributed by atoms with E-state index in [4.69, 9.17) is 0 Å². The Kier molecular flexibility index (Phi) is 5.02. The Balaban J connectivity index is 2.05. The van der Waals surface area contributed by atoms with Gasteiger partial charge in [0.15, 0.2) is 0 Å². The molecule has 0 bridgehead atoms. The maximum Gasteiger partial charge on any atom is 0.123 e. The molecule has 0 saturated heterocycles. The van der Waals surface area contributed by atoms with Gasteiger partial charge in [-0.05, 0) is 58.2 Å². The van der Waals surface area contributed by atoms with Crippen molar-refractivity contribution in [3.8, 4) is 0 Å². The third-order valence-corrected chi connectivity index (χ3v) is 4.79. The molecule has 1 unspecified atom stereocenters. The Labute approximate surface area is 125 Å². The summed E-state index contributed by atoms with van der Waals surface area (Å²) in [5.41, 5.74) is 1.44. The smallest absolute Gasteiger partial charge is 0.123 e. The number of aryl methyl sites for hydroxylation is 1. The van der Waals surface area contributed by atoms with Gasteiger partial charge in [-0.15, -0.1) is 11.8 Å². The lowest BCUT2D eigenvalue weighted by Crippen LogP contribution is -2.01. The van der Waals surface area contributed by atoms with Gasteiger partial charge in [-0.25, -0.2) is 4.39 Å². The average molecular weight is 341 g/mol. The number of rotatable bonds is 4. The van der Waals surface area contributed by atoms with Crippen molar-refractivity contribution >= 4 is 27.7 Å². The van der Waals surface area contributed by atoms with Crippen LogP contribution in [0.2, 0.25) is 0 Å². The summed E-state index contributed by atoms with van der Waals surface area (Å²) >= 11 is 5.01. The van der Waals surface area contributed by atoms with E-state index in [1.165, 1.54) is 12.1 Å². The maximum absolute atomic E-state index is 13.3. The van der Waals surface area contributed by atoms with Crippen LogP contribution < -0.4 is 0 Å². The number of hydrogen-bond donors (Lipinski definition) is 1. The van der Waals surface area contributed by atoms with E-state index in [1.807, 2.05) is 37.3 Å². The highest BCUT2D eigenvalue weighted by Crippen LogP contribution is 2.30. The second-order valence-electron chi connectivity index (χ2n) is 4.32. The molecule has 0 aromatic heterocycles. The van der Waals surface area contributed by atoms with Crippen LogP contribution in [0.1, 0.15) is 17.2 Å². The van der Waals surface area contributed by atoms with Crippen LogP contribution >= 0.6 is 27.7 Å². The molecule has 4 heteroatoms. The van der Waals surface area contributed by atoms with E-state index in [2.05, 4.69) is 15.9 Å². The standard InChI is InChI=1S/C15H14BrFOS/c1-10-6-11(8-12(17)7-10)14(18)9-19-15-5-3-2-4-13(15)16/h2-8,14,18H,9H2,1H3. The van der Waals surface area contributed by atoms with Gasteiger partial charge in [-0.1, -0.05) is 18.2 Å². The SMILES string of the molecule is Cc1cc(F)cc(C(O)CSc2ccccc2Br)c1. The summed E-state index contributed by atoms with van der Waals surface area (Å²) in [5.74, 6) is 0.186. The lowest BCUT2D eigenvalue weighted by atomic mass is 10.1. The first-order valence-electron chi connectivity index (χ1n) is 5.89. The first-order chi connectivity index (χ1) is 9.06. The van der Waals surface area contributed by atoms with Crippen molar-refractivity contribution < 1.29 is 9.50 Å². The lowest BCUT2D eigenvalue weighted by Gasteiger charge is -2.12. The molecule has 0 fully saturated rings. The highest BCUT2D eigenvalue weighted by atomic mass is 79.9. The molecule has 2 rings (SSSR count). The molecule has 1 nitrogen and oxygen atoms in total. The Morgan fingerprint density at radius 1 is 1.26 bits per heavy atom. The summed E-state index contributed by atoms with van der Waals surface area (Å²) < 4.78 is 14.3. The molecule has 0 aliphatic heterocycles. The monoisotopic (exact) mass is 340 g/mol. The highest BCUT2D eigenvalue weighted by Gasteiger charge is 2.11. The Morgan fingerprint density at radius 3 is 2.68 bits per heavy atom. The lowest BCUT2D eigenvalue weighted by molar-refractivity contribution is 0.203. The Bertz CT molecular complexity index is 554. The number of aliphatic hydroxyl groups is 1. The molecule has 0 amide bonds. The Hall–Kier alpha value is -0.840. The van der Waals surface area contributed by atoms with Crippen molar-refractivity contribution in [3.05, 3.63) is 63.9 Å². The second-order valence-corrected chi connectivity index (χ2v) is 6.24. The van der Waals surface area contributed by atoms with Gasteiger partial charge in [-0.2, -0.15) is 0 Å². The third-order valence-electron chi connectivity index (χ3n) is 2.68. The number of hydrogen-bond acceptors (Lipinski definition) is 2. The molecular weight excluding hydrogens is 327 g/mol. The van der Waals surface area contributed by atoms with Crippen LogP contribution in [0.15, 0.2) is 51.8 Å². The summed E-state index contributed by atoms with van der Waals surface area (Å²) in [6.45, 7) is 1.82. The summed E-state index contributed by atoms with van der Waals surface area (Å²) in [6.07, 6.45) is -0.675. The minimum absolute atomic E-state index is 0.306. The zero-order valence-corrected chi connectivity index (χ0v) is 12.8. The van der Waals surface area contributed by atoms with Crippen molar-refractivity contribution in [3.63, 3.8) is 0 Å². The van der Waals surface area contributed by atoms with E-state index in [1.54, 1.807) is 11.8 Å². The van der Waals surface area contributed by atoms with E-state index in [0.29, 0.717) is 11.3 Å². The number of aliphatic hydroxyl groups excluding tert-OH is 1. The Morgan fingerprint density at radius 2 is 2.00 bits per heavy atom. The third kappa shape index (κ3) is 4.06. The quantitative estimate of drug-likeness (QED) is 0.812. The highest BCUT2D eigenvalue weighted by molar-refractivity contribution is 9.10. The number of benzene rings is 2. The molecule has 0 aliphatic rings. The maximum atomic E-state index is 13.3. The molecule has 0 heterocycles. The van der Waals surface area contributed by atoms with Crippen LogP contribution in [-0.2, 0) is 0 Å². The normalized spacial score (nSPS) is 12.4. The van der Waals surface area contributed by atoms with Crippen molar-refractivity contribution in [2.24, 2.45) is 0 Å². The molecule has 0 saturated carbocycles. The van der Waals surface area contributed by atoms with Crippen LogP contribution in [-0.4, -0.2) is 10.9 Å². The molecule has 0 aliphatic carbocycles. The first kappa shape index (κ1) is 14.6. The van der Waals surface area contributed by atoms with Gasteiger partial charge in [0.2, 0.25) is 0 Å². The van der Waals surface area contributed by atoms with Crippen LogP contribution in [0.3, 0.4) is 0 Å². The van der Waals surface area contributed by atoms with E-state index < -0.39 is 6.10 Å². The molecule has 19 heavy (non-hydrogen) atoms. The van der Waals surface area contributed by atoms with Crippen molar-refractivity contribution in [2.45, 2.75) is 17.9 Å².